The Kier molecular flexibility index (Phi) is 4.07. The van der Waals surface area contributed by atoms with Gasteiger partial charge in [0, 0.05) is 20.7 Å². The van der Waals surface area contributed by atoms with Gasteiger partial charge in [-0.05, 0) is 28.6 Å². The van der Waals surface area contributed by atoms with Crippen LogP contribution < -0.4 is 0 Å². The van der Waals surface area contributed by atoms with Crippen molar-refractivity contribution in [1.29, 1.82) is 0 Å². The van der Waals surface area contributed by atoms with Crippen LogP contribution in [0.1, 0.15) is 10.6 Å². The summed E-state index contributed by atoms with van der Waals surface area (Å²) in [5.41, 5.74) is 0. The van der Waals surface area contributed by atoms with E-state index in [1.54, 1.807) is 34.0 Å². The molecular formula is C15H11ClN4OS2. The summed E-state index contributed by atoms with van der Waals surface area (Å²) in [5, 5.41) is 14.5. The molecule has 0 saturated heterocycles. The molecule has 116 valence electrons. The molecule has 0 spiro atoms. The lowest BCUT2D eigenvalue weighted by molar-refractivity contribution is 0.462. The van der Waals surface area contributed by atoms with E-state index in [-0.39, 0.29) is 0 Å². The van der Waals surface area contributed by atoms with Crippen molar-refractivity contribution in [3.8, 4) is 0 Å². The number of tetrazole rings is 1. The zero-order chi connectivity index (χ0) is 15.6. The SMILES string of the molecule is Clc1c(CSc2nnnn2Cc2ccco2)sc2ccccc12. The summed E-state index contributed by atoms with van der Waals surface area (Å²) >= 11 is 9.75. The first kappa shape index (κ1) is 14.7. The van der Waals surface area contributed by atoms with Gasteiger partial charge in [-0.3, -0.25) is 0 Å². The molecule has 0 radical (unpaired) electrons. The number of furan rings is 1. The average molecular weight is 363 g/mol. The van der Waals surface area contributed by atoms with E-state index in [0.29, 0.717) is 6.54 Å². The highest BCUT2D eigenvalue weighted by molar-refractivity contribution is 7.98. The summed E-state index contributed by atoms with van der Waals surface area (Å²) in [7, 11) is 0. The lowest BCUT2D eigenvalue weighted by atomic mass is 10.2. The van der Waals surface area contributed by atoms with Crippen LogP contribution in [0.25, 0.3) is 10.1 Å². The fourth-order valence-corrected chi connectivity index (χ4v) is 4.77. The summed E-state index contributed by atoms with van der Waals surface area (Å²) < 4.78 is 8.26. The van der Waals surface area contributed by atoms with Crippen molar-refractivity contribution in [2.45, 2.75) is 17.5 Å². The molecule has 0 unspecified atom stereocenters. The Morgan fingerprint density at radius 3 is 2.96 bits per heavy atom. The predicted octanol–water partition coefficient (Wildman–Crippen LogP) is 4.47. The van der Waals surface area contributed by atoms with Gasteiger partial charge in [0.15, 0.2) is 0 Å². The molecule has 3 aromatic heterocycles. The van der Waals surface area contributed by atoms with Gasteiger partial charge < -0.3 is 4.42 Å². The second kappa shape index (κ2) is 6.35. The van der Waals surface area contributed by atoms with Crippen LogP contribution >= 0.6 is 34.7 Å². The molecule has 4 aromatic rings. The molecule has 0 bridgehead atoms. The fourth-order valence-electron chi connectivity index (χ4n) is 2.24. The van der Waals surface area contributed by atoms with Crippen LogP contribution in [-0.2, 0) is 12.3 Å². The summed E-state index contributed by atoms with van der Waals surface area (Å²) in [5.74, 6) is 1.55. The highest BCUT2D eigenvalue weighted by Gasteiger charge is 2.13. The second-order valence-corrected chi connectivity index (χ2v) is 7.28. The van der Waals surface area contributed by atoms with Crippen LogP contribution in [-0.4, -0.2) is 20.2 Å². The van der Waals surface area contributed by atoms with Crippen molar-refractivity contribution in [2.75, 3.05) is 0 Å². The summed E-state index contributed by atoms with van der Waals surface area (Å²) in [4.78, 5) is 1.13. The van der Waals surface area contributed by atoms with Crippen LogP contribution in [0.5, 0.6) is 0 Å². The van der Waals surface area contributed by atoms with Crippen molar-refractivity contribution in [3.63, 3.8) is 0 Å². The monoisotopic (exact) mass is 362 g/mol. The van der Waals surface area contributed by atoms with Crippen molar-refractivity contribution in [1.82, 2.24) is 20.2 Å². The Bertz CT molecular complexity index is 932. The maximum atomic E-state index is 6.48. The number of thioether (sulfide) groups is 1. The summed E-state index contributed by atoms with van der Waals surface area (Å²) in [6.07, 6.45) is 1.64. The van der Waals surface area contributed by atoms with Crippen LogP contribution in [0.2, 0.25) is 5.02 Å². The van der Waals surface area contributed by atoms with Crippen LogP contribution in [0, 0.1) is 0 Å². The van der Waals surface area contributed by atoms with E-state index >= 15 is 0 Å². The first-order valence-corrected chi connectivity index (χ1v) is 9.06. The molecule has 0 saturated carbocycles. The molecule has 23 heavy (non-hydrogen) atoms. The molecule has 0 fully saturated rings. The smallest absolute Gasteiger partial charge is 0.210 e. The third kappa shape index (κ3) is 2.99. The maximum Gasteiger partial charge on any atom is 0.210 e. The lowest BCUT2D eigenvalue weighted by Gasteiger charge is -2.01. The molecule has 5 nitrogen and oxygen atoms in total. The topological polar surface area (TPSA) is 56.7 Å². The number of benzene rings is 1. The number of halogens is 1. The molecule has 1 aromatic carbocycles. The average Bonchev–Trinajstić information content (AvgIpc) is 3.29. The zero-order valence-corrected chi connectivity index (χ0v) is 14.2. The highest BCUT2D eigenvalue weighted by atomic mass is 35.5. The molecule has 0 aliphatic heterocycles. The van der Waals surface area contributed by atoms with E-state index in [1.807, 2.05) is 30.3 Å². The molecule has 0 aliphatic rings. The van der Waals surface area contributed by atoms with Gasteiger partial charge in [0.05, 0.1) is 11.3 Å². The van der Waals surface area contributed by atoms with E-state index < -0.39 is 0 Å². The number of aromatic nitrogens is 4. The molecular weight excluding hydrogens is 352 g/mol. The van der Waals surface area contributed by atoms with Crippen molar-refractivity contribution >= 4 is 44.8 Å². The minimum absolute atomic E-state index is 0.516. The lowest BCUT2D eigenvalue weighted by Crippen LogP contribution is -2.02. The third-order valence-electron chi connectivity index (χ3n) is 3.32. The Morgan fingerprint density at radius 2 is 2.13 bits per heavy atom. The Labute approximate surface area is 145 Å². The fraction of sp³-hybridized carbons (Fsp3) is 0.133. The molecule has 8 heteroatoms. The van der Waals surface area contributed by atoms with Gasteiger partial charge in [0.2, 0.25) is 5.16 Å². The standard InChI is InChI=1S/C15H11ClN4OS2/c16-14-11-5-1-2-6-12(11)23-13(14)9-22-15-17-18-19-20(15)8-10-4-3-7-21-10/h1-7H,8-9H2. The Hall–Kier alpha value is -1.83. The Balaban J connectivity index is 1.52. The molecule has 3 heterocycles. The largest absolute Gasteiger partial charge is 0.467 e. The summed E-state index contributed by atoms with van der Waals surface area (Å²) in [6, 6.07) is 11.9. The minimum Gasteiger partial charge on any atom is -0.467 e. The second-order valence-electron chi connectivity index (χ2n) is 4.82. The normalized spacial score (nSPS) is 11.3. The van der Waals surface area contributed by atoms with Crippen LogP contribution in [0.3, 0.4) is 0 Å². The number of rotatable bonds is 5. The van der Waals surface area contributed by atoms with Crippen molar-refractivity contribution in [3.05, 3.63) is 58.3 Å². The van der Waals surface area contributed by atoms with Gasteiger partial charge in [-0.25, -0.2) is 4.68 Å². The van der Waals surface area contributed by atoms with E-state index in [9.17, 15) is 0 Å². The van der Waals surface area contributed by atoms with Gasteiger partial charge in [-0.2, -0.15) is 0 Å². The van der Waals surface area contributed by atoms with Gasteiger partial charge in [-0.1, -0.05) is 41.6 Å². The van der Waals surface area contributed by atoms with Crippen molar-refractivity contribution in [2.24, 2.45) is 0 Å². The van der Waals surface area contributed by atoms with Crippen LogP contribution in [0.4, 0.5) is 0 Å². The maximum absolute atomic E-state index is 6.48. The van der Waals surface area contributed by atoms with Crippen LogP contribution in [0.15, 0.2) is 52.2 Å². The quantitative estimate of drug-likeness (QED) is 0.490. The number of thiophene rings is 1. The van der Waals surface area contributed by atoms with Gasteiger partial charge >= 0.3 is 0 Å². The van der Waals surface area contributed by atoms with Crippen molar-refractivity contribution < 1.29 is 4.42 Å². The van der Waals surface area contributed by atoms with E-state index in [4.69, 9.17) is 16.0 Å². The minimum atomic E-state index is 0.516. The van der Waals surface area contributed by atoms with E-state index in [0.717, 1.165) is 32.0 Å². The van der Waals surface area contributed by atoms with Gasteiger partial charge in [0.1, 0.15) is 12.3 Å². The highest BCUT2D eigenvalue weighted by Crippen LogP contribution is 2.38. The molecule has 0 amide bonds. The van der Waals surface area contributed by atoms with E-state index in [2.05, 4.69) is 21.6 Å². The summed E-state index contributed by atoms with van der Waals surface area (Å²) in [6.45, 7) is 0.516. The molecule has 0 N–H and O–H groups in total. The first-order valence-electron chi connectivity index (χ1n) is 6.88. The number of hydrogen-bond donors (Lipinski definition) is 0. The van der Waals surface area contributed by atoms with Gasteiger partial charge in [0.25, 0.3) is 0 Å². The Morgan fingerprint density at radius 1 is 1.22 bits per heavy atom. The predicted molar refractivity (Wildman–Crippen MR) is 92.0 cm³/mol. The number of nitrogens with zero attached hydrogens (tertiary/aromatic N) is 4. The van der Waals surface area contributed by atoms with Gasteiger partial charge in [-0.15, -0.1) is 16.4 Å². The third-order valence-corrected chi connectivity index (χ3v) is 6.20. The molecule has 4 rings (SSSR count). The number of fused-ring (bicyclic) bond motifs is 1. The zero-order valence-electron chi connectivity index (χ0n) is 11.8. The molecule has 0 aliphatic carbocycles. The first-order chi connectivity index (χ1) is 11.3. The molecule has 0 atom stereocenters. The number of hydrogen-bond acceptors (Lipinski definition) is 6. The van der Waals surface area contributed by atoms with E-state index in [1.165, 1.54) is 4.70 Å².